The number of hydrogen-bond acceptors (Lipinski definition) is 3. The molecule has 0 aliphatic rings. The summed E-state index contributed by atoms with van der Waals surface area (Å²) >= 11 is 0. The summed E-state index contributed by atoms with van der Waals surface area (Å²) in [5.41, 5.74) is 2.09. The lowest BCUT2D eigenvalue weighted by atomic mass is 10.1. The molecule has 0 amide bonds. The minimum Gasteiger partial charge on any atom is -0.389 e. The standard InChI is InChI=1S/C16H19NO3S/c1-3-13-7-4-5-10-16(13)17-21(19,20)15-9-6-8-14(11-15)12(2)18/h4-12,17-18H,3H2,1-2H3. The summed E-state index contributed by atoms with van der Waals surface area (Å²) in [5, 5.41) is 9.57. The van der Waals surface area contributed by atoms with Crippen molar-refractivity contribution in [2.45, 2.75) is 31.3 Å². The van der Waals surface area contributed by atoms with Gasteiger partial charge >= 0.3 is 0 Å². The van der Waals surface area contributed by atoms with Crippen molar-refractivity contribution in [1.29, 1.82) is 0 Å². The number of rotatable bonds is 5. The van der Waals surface area contributed by atoms with Gasteiger partial charge in [0.05, 0.1) is 16.7 Å². The molecule has 4 nitrogen and oxygen atoms in total. The van der Waals surface area contributed by atoms with Crippen LogP contribution in [0.1, 0.15) is 31.1 Å². The predicted molar refractivity (Wildman–Crippen MR) is 83.7 cm³/mol. The summed E-state index contributed by atoms with van der Waals surface area (Å²) in [6, 6.07) is 13.6. The third-order valence-electron chi connectivity index (χ3n) is 3.29. The Balaban J connectivity index is 2.36. The zero-order valence-electron chi connectivity index (χ0n) is 12.1. The number of para-hydroxylation sites is 1. The van der Waals surface area contributed by atoms with Gasteiger partial charge in [0.25, 0.3) is 10.0 Å². The first-order chi connectivity index (χ1) is 9.94. The molecule has 2 rings (SSSR count). The fourth-order valence-electron chi connectivity index (χ4n) is 2.07. The first-order valence-corrected chi connectivity index (χ1v) is 8.31. The van der Waals surface area contributed by atoms with Crippen molar-refractivity contribution in [2.24, 2.45) is 0 Å². The largest absolute Gasteiger partial charge is 0.389 e. The molecule has 2 N–H and O–H groups in total. The molecule has 2 aromatic rings. The van der Waals surface area contributed by atoms with Crippen molar-refractivity contribution in [3.63, 3.8) is 0 Å². The van der Waals surface area contributed by atoms with Gasteiger partial charge in [0.2, 0.25) is 0 Å². The minimum absolute atomic E-state index is 0.145. The van der Waals surface area contributed by atoms with Gasteiger partial charge in [-0.05, 0) is 42.7 Å². The molecule has 0 saturated heterocycles. The molecule has 0 aromatic heterocycles. The lowest BCUT2D eigenvalue weighted by molar-refractivity contribution is 0.199. The Morgan fingerprint density at radius 2 is 1.86 bits per heavy atom. The molecule has 0 radical (unpaired) electrons. The van der Waals surface area contributed by atoms with Crippen LogP contribution in [-0.2, 0) is 16.4 Å². The Morgan fingerprint density at radius 3 is 2.52 bits per heavy atom. The number of aliphatic hydroxyl groups is 1. The summed E-state index contributed by atoms with van der Waals surface area (Å²) in [4.78, 5) is 0.145. The van der Waals surface area contributed by atoms with E-state index in [0.717, 1.165) is 12.0 Å². The van der Waals surface area contributed by atoms with E-state index in [1.807, 2.05) is 19.1 Å². The molecule has 5 heteroatoms. The van der Waals surface area contributed by atoms with Gasteiger partial charge in [-0.2, -0.15) is 0 Å². The maximum absolute atomic E-state index is 12.5. The lowest BCUT2D eigenvalue weighted by Crippen LogP contribution is -2.14. The smallest absolute Gasteiger partial charge is 0.261 e. The van der Waals surface area contributed by atoms with E-state index in [1.165, 1.54) is 12.1 Å². The second kappa shape index (κ2) is 6.28. The Kier molecular flexibility index (Phi) is 4.65. The SMILES string of the molecule is CCc1ccccc1NS(=O)(=O)c1cccc(C(C)O)c1. The van der Waals surface area contributed by atoms with Crippen molar-refractivity contribution in [1.82, 2.24) is 0 Å². The highest BCUT2D eigenvalue weighted by molar-refractivity contribution is 7.92. The fraction of sp³-hybridized carbons (Fsp3) is 0.250. The van der Waals surface area contributed by atoms with E-state index in [2.05, 4.69) is 4.72 Å². The second-order valence-corrected chi connectivity index (χ2v) is 6.55. The number of benzene rings is 2. The van der Waals surface area contributed by atoms with Gasteiger partial charge < -0.3 is 5.11 Å². The van der Waals surface area contributed by atoms with E-state index >= 15 is 0 Å². The van der Waals surface area contributed by atoms with Crippen LogP contribution in [0.25, 0.3) is 0 Å². The normalized spacial score (nSPS) is 12.9. The molecule has 0 bridgehead atoms. The van der Waals surface area contributed by atoms with E-state index < -0.39 is 16.1 Å². The minimum atomic E-state index is -3.66. The van der Waals surface area contributed by atoms with Crippen molar-refractivity contribution >= 4 is 15.7 Å². The van der Waals surface area contributed by atoms with Crippen LogP contribution in [0.3, 0.4) is 0 Å². The number of hydrogen-bond donors (Lipinski definition) is 2. The average molecular weight is 305 g/mol. The van der Waals surface area contributed by atoms with Crippen LogP contribution in [0.15, 0.2) is 53.4 Å². The first-order valence-electron chi connectivity index (χ1n) is 6.83. The number of nitrogens with one attached hydrogen (secondary N) is 1. The van der Waals surface area contributed by atoms with E-state index in [9.17, 15) is 13.5 Å². The summed E-state index contributed by atoms with van der Waals surface area (Å²) in [5.74, 6) is 0. The number of sulfonamides is 1. The van der Waals surface area contributed by atoms with E-state index in [0.29, 0.717) is 11.3 Å². The van der Waals surface area contributed by atoms with E-state index in [-0.39, 0.29) is 4.90 Å². The number of anilines is 1. The van der Waals surface area contributed by atoms with E-state index in [4.69, 9.17) is 0 Å². The Hall–Kier alpha value is -1.85. The molecular formula is C16H19NO3S. The fourth-order valence-corrected chi connectivity index (χ4v) is 3.23. The summed E-state index contributed by atoms with van der Waals surface area (Å²) in [6.45, 7) is 3.58. The van der Waals surface area contributed by atoms with Crippen LogP contribution in [0.5, 0.6) is 0 Å². The van der Waals surface area contributed by atoms with Crippen LogP contribution < -0.4 is 4.72 Å². The van der Waals surface area contributed by atoms with E-state index in [1.54, 1.807) is 31.2 Å². The number of aryl methyl sites for hydroxylation is 1. The first kappa shape index (κ1) is 15.5. The monoisotopic (exact) mass is 305 g/mol. The predicted octanol–water partition coefficient (Wildman–Crippen LogP) is 3.10. The van der Waals surface area contributed by atoms with Gasteiger partial charge in [0.1, 0.15) is 0 Å². The van der Waals surface area contributed by atoms with Gasteiger partial charge in [-0.3, -0.25) is 4.72 Å². The average Bonchev–Trinajstić information content (AvgIpc) is 2.47. The zero-order valence-corrected chi connectivity index (χ0v) is 12.9. The third-order valence-corrected chi connectivity index (χ3v) is 4.66. The molecule has 0 saturated carbocycles. The second-order valence-electron chi connectivity index (χ2n) is 4.86. The summed E-state index contributed by atoms with van der Waals surface area (Å²) in [7, 11) is -3.66. The molecule has 0 heterocycles. The van der Waals surface area contributed by atoms with Gasteiger partial charge in [-0.1, -0.05) is 37.3 Å². The number of aliphatic hydroxyl groups excluding tert-OH is 1. The van der Waals surface area contributed by atoms with Crippen molar-refractivity contribution in [3.05, 3.63) is 59.7 Å². The lowest BCUT2D eigenvalue weighted by Gasteiger charge is -2.13. The zero-order chi connectivity index (χ0) is 15.5. The Bertz CT molecular complexity index is 724. The molecule has 2 aromatic carbocycles. The van der Waals surface area contributed by atoms with Crippen LogP contribution in [0.4, 0.5) is 5.69 Å². The van der Waals surface area contributed by atoms with Crippen molar-refractivity contribution < 1.29 is 13.5 Å². The molecule has 0 aliphatic heterocycles. The highest BCUT2D eigenvalue weighted by atomic mass is 32.2. The molecule has 0 aliphatic carbocycles. The molecule has 112 valence electrons. The van der Waals surface area contributed by atoms with Gasteiger partial charge in [-0.15, -0.1) is 0 Å². The maximum Gasteiger partial charge on any atom is 0.261 e. The topological polar surface area (TPSA) is 66.4 Å². The molecule has 1 unspecified atom stereocenters. The third kappa shape index (κ3) is 3.62. The molecule has 1 atom stereocenters. The molecule has 21 heavy (non-hydrogen) atoms. The van der Waals surface area contributed by atoms with Crippen LogP contribution in [0.2, 0.25) is 0 Å². The quantitative estimate of drug-likeness (QED) is 0.892. The maximum atomic E-state index is 12.5. The molecular weight excluding hydrogens is 286 g/mol. The highest BCUT2D eigenvalue weighted by Gasteiger charge is 2.16. The van der Waals surface area contributed by atoms with Crippen LogP contribution >= 0.6 is 0 Å². The van der Waals surface area contributed by atoms with Crippen LogP contribution in [0, 0.1) is 0 Å². The molecule has 0 spiro atoms. The Morgan fingerprint density at radius 1 is 1.14 bits per heavy atom. The van der Waals surface area contributed by atoms with Crippen LogP contribution in [-0.4, -0.2) is 13.5 Å². The molecule has 0 fully saturated rings. The highest BCUT2D eigenvalue weighted by Crippen LogP contribution is 2.22. The van der Waals surface area contributed by atoms with Crippen molar-refractivity contribution in [2.75, 3.05) is 4.72 Å². The van der Waals surface area contributed by atoms with Gasteiger partial charge in [-0.25, -0.2) is 8.42 Å². The van der Waals surface area contributed by atoms with Crippen molar-refractivity contribution in [3.8, 4) is 0 Å². The van der Waals surface area contributed by atoms with Gasteiger partial charge in [0, 0.05) is 0 Å². The summed E-state index contributed by atoms with van der Waals surface area (Å²) in [6.07, 6.45) is 0.0370. The Labute approximate surface area is 125 Å². The van der Waals surface area contributed by atoms with Gasteiger partial charge in [0.15, 0.2) is 0 Å². The summed E-state index contributed by atoms with van der Waals surface area (Å²) < 4.78 is 27.5.